The van der Waals surface area contributed by atoms with Crippen molar-refractivity contribution < 1.29 is 4.21 Å². The van der Waals surface area contributed by atoms with E-state index in [0.717, 1.165) is 35.5 Å². The lowest BCUT2D eigenvalue weighted by Crippen LogP contribution is -2.06. The summed E-state index contributed by atoms with van der Waals surface area (Å²) < 4.78 is 13.1. The molecule has 2 aromatic heterocycles. The normalized spacial score (nSPS) is 13.1. The van der Waals surface area contributed by atoms with Gasteiger partial charge in [0.1, 0.15) is 11.3 Å². The molecule has 0 radical (unpaired) electrons. The highest BCUT2D eigenvalue weighted by Crippen LogP contribution is 2.19. The van der Waals surface area contributed by atoms with Crippen LogP contribution < -0.4 is 0 Å². The molecule has 2 rings (SSSR count). The van der Waals surface area contributed by atoms with Gasteiger partial charge in [0.05, 0.1) is 5.88 Å². The second-order valence-corrected chi connectivity index (χ2v) is 6.07. The first-order chi connectivity index (χ1) is 8.63. The molecule has 0 saturated carbocycles. The minimum atomic E-state index is -0.761. The molecule has 4 nitrogen and oxygen atoms in total. The van der Waals surface area contributed by atoms with Crippen LogP contribution >= 0.6 is 11.6 Å². The minimum absolute atomic E-state index is 0.366. The SMILES string of the molecule is Cc1ccnc2c1nc(CCl)n2CCCS(C)=O. The average molecular weight is 286 g/mol. The monoisotopic (exact) mass is 285 g/mol. The summed E-state index contributed by atoms with van der Waals surface area (Å²) >= 11 is 5.93. The van der Waals surface area contributed by atoms with Crippen molar-refractivity contribution in [2.45, 2.75) is 25.8 Å². The Morgan fingerprint density at radius 2 is 2.28 bits per heavy atom. The second-order valence-electron chi connectivity index (χ2n) is 4.24. The largest absolute Gasteiger partial charge is 0.312 e. The first-order valence-electron chi connectivity index (χ1n) is 5.80. The Hall–Kier alpha value is -0.940. The van der Waals surface area contributed by atoms with Gasteiger partial charge in [-0.2, -0.15) is 0 Å². The third-order valence-electron chi connectivity index (χ3n) is 2.85. The molecule has 0 spiro atoms. The van der Waals surface area contributed by atoms with Crippen LogP contribution in [0.1, 0.15) is 17.8 Å². The van der Waals surface area contributed by atoms with Crippen molar-refractivity contribution in [3.63, 3.8) is 0 Å². The molecule has 0 aliphatic carbocycles. The van der Waals surface area contributed by atoms with Crippen molar-refractivity contribution >= 4 is 33.6 Å². The smallest absolute Gasteiger partial charge is 0.160 e. The van der Waals surface area contributed by atoms with E-state index in [4.69, 9.17) is 11.6 Å². The molecular weight excluding hydrogens is 270 g/mol. The number of hydrogen-bond donors (Lipinski definition) is 0. The highest BCUT2D eigenvalue weighted by Gasteiger charge is 2.12. The predicted molar refractivity (Wildman–Crippen MR) is 75.4 cm³/mol. The average Bonchev–Trinajstić information content (AvgIpc) is 2.69. The van der Waals surface area contributed by atoms with Crippen molar-refractivity contribution in [1.82, 2.24) is 14.5 Å². The highest BCUT2D eigenvalue weighted by molar-refractivity contribution is 7.84. The van der Waals surface area contributed by atoms with Crippen molar-refractivity contribution in [2.24, 2.45) is 0 Å². The Morgan fingerprint density at radius 3 is 2.94 bits per heavy atom. The molecule has 0 amide bonds. The van der Waals surface area contributed by atoms with Gasteiger partial charge in [0.2, 0.25) is 0 Å². The predicted octanol–water partition coefficient (Wildman–Crippen LogP) is 2.25. The third kappa shape index (κ3) is 2.72. The number of imidazole rings is 1. The molecule has 2 heterocycles. The van der Waals surface area contributed by atoms with E-state index in [9.17, 15) is 4.21 Å². The zero-order valence-electron chi connectivity index (χ0n) is 10.5. The van der Waals surface area contributed by atoms with Crippen LogP contribution in [0, 0.1) is 6.92 Å². The van der Waals surface area contributed by atoms with Crippen LogP contribution in [-0.4, -0.2) is 30.8 Å². The minimum Gasteiger partial charge on any atom is -0.312 e. The number of alkyl halides is 1. The molecular formula is C12H16ClN3OS. The standard InChI is InChI=1S/C12H16ClN3OS/c1-9-4-5-14-12-11(9)15-10(8-13)16(12)6-3-7-18(2)17/h4-5H,3,6-8H2,1-2H3. The van der Waals surface area contributed by atoms with Gasteiger partial charge in [0.15, 0.2) is 5.65 Å². The zero-order valence-corrected chi connectivity index (χ0v) is 12.1. The molecule has 6 heteroatoms. The second kappa shape index (κ2) is 5.80. The summed E-state index contributed by atoms with van der Waals surface area (Å²) in [5.74, 6) is 1.88. The van der Waals surface area contributed by atoms with Gasteiger partial charge >= 0.3 is 0 Å². The van der Waals surface area contributed by atoms with E-state index in [0.29, 0.717) is 11.6 Å². The summed E-state index contributed by atoms with van der Waals surface area (Å²) in [7, 11) is -0.761. The number of pyridine rings is 1. The van der Waals surface area contributed by atoms with E-state index in [1.54, 1.807) is 12.5 Å². The van der Waals surface area contributed by atoms with Crippen LogP contribution in [0.15, 0.2) is 12.3 Å². The Labute approximate surface area is 114 Å². The maximum atomic E-state index is 11.1. The Bertz CT molecular complexity index is 582. The maximum absolute atomic E-state index is 11.1. The van der Waals surface area contributed by atoms with Gasteiger partial charge in [-0.15, -0.1) is 11.6 Å². The van der Waals surface area contributed by atoms with Crippen molar-refractivity contribution in [2.75, 3.05) is 12.0 Å². The summed E-state index contributed by atoms with van der Waals surface area (Å²) in [4.78, 5) is 8.90. The van der Waals surface area contributed by atoms with Gasteiger partial charge in [-0.3, -0.25) is 4.21 Å². The fourth-order valence-electron chi connectivity index (χ4n) is 1.95. The fraction of sp³-hybridized carbons (Fsp3) is 0.500. The molecule has 0 aliphatic rings. The number of fused-ring (bicyclic) bond motifs is 1. The fourth-order valence-corrected chi connectivity index (χ4v) is 2.69. The van der Waals surface area contributed by atoms with E-state index in [2.05, 4.69) is 9.97 Å². The van der Waals surface area contributed by atoms with Crippen LogP contribution in [0.3, 0.4) is 0 Å². The first kappa shape index (κ1) is 13.5. The molecule has 0 fully saturated rings. The quantitative estimate of drug-likeness (QED) is 0.792. The van der Waals surface area contributed by atoms with E-state index >= 15 is 0 Å². The molecule has 2 aromatic rings. The summed E-state index contributed by atoms with van der Waals surface area (Å²) in [5.41, 5.74) is 2.88. The van der Waals surface area contributed by atoms with Crippen molar-refractivity contribution in [1.29, 1.82) is 0 Å². The summed E-state index contributed by atoms with van der Waals surface area (Å²) in [6.07, 6.45) is 4.34. The summed E-state index contributed by atoms with van der Waals surface area (Å²) in [6.45, 7) is 2.77. The Balaban J connectivity index is 2.35. The lowest BCUT2D eigenvalue weighted by Gasteiger charge is -2.06. The molecule has 0 saturated heterocycles. The molecule has 0 aliphatic heterocycles. The van der Waals surface area contributed by atoms with Crippen LogP contribution in [0.5, 0.6) is 0 Å². The van der Waals surface area contributed by atoms with Gasteiger partial charge in [-0.25, -0.2) is 9.97 Å². The van der Waals surface area contributed by atoms with E-state index in [1.807, 2.05) is 17.6 Å². The van der Waals surface area contributed by atoms with E-state index < -0.39 is 10.8 Å². The maximum Gasteiger partial charge on any atom is 0.160 e. The molecule has 0 N–H and O–H groups in total. The number of nitrogens with zero attached hydrogens (tertiary/aromatic N) is 3. The Morgan fingerprint density at radius 1 is 1.50 bits per heavy atom. The zero-order chi connectivity index (χ0) is 13.1. The number of halogens is 1. The van der Waals surface area contributed by atoms with Crippen LogP contribution in [0.25, 0.3) is 11.2 Å². The van der Waals surface area contributed by atoms with Gasteiger partial charge in [-0.05, 0) is 25.0 Å². The first-order valence-corrected chi connectivity index (χ1v) is 8.06. The van der Waals surface area contributed by atoms with E-state index in [-0.39, 0.29) is 0 Å². The van der Waals surface area contributed by atoms with Gasteiger partial charge in [-0.1, -0.05) is 0 Å². The lowest BCUT2D eigenvalue weighted by molar-refractivity contribution is 0.654. The summed E-state index contributed by atoms with van der Waals surface area (Å²) in [5, 5.41) is 0. The van der Waals surface area contributed by atoms with Crippen molar-refractivity contribution in [3.05, 3.63) is 23.7 Å². The summed E-state index contributed by atoms with van der Waals surface area (Å²) in [6, 6.07) is 1.94. The number of hydrogen-bond acceptors (Lipinski definition) is 3. The topological polar surface area (TPSA) is 47.8 Å². The van der Waals surface area contributed by atoms with Gasteiger partial charge < -0.3 is 4.57 Å². The number of rotatable bonds is 5. The van der Waals surface area contributed by atoms with Crippen LogP contribution in [0.2, 0.25) is 0 Å². The highest BCUT2D eigenvalue weighted by atomic mass is 35.5. The van der Waals surface area contributed by atoms with Crippen molar-refractivity contribution in [3.8, 4) is 0 Å². The van der Waals surface area contributed by atoms with Gasteiger partial charge in [0.25, 0.3) is 0 Å². The number of aryl methyl sites for hydroxylation is 2. The van der Waals surface area contributed by atoms with Gasteiger partial charge in [0, 0.05) is 35.5 Å². The molecule has 18 heavy (non-hydrogen) atoms. The third-order valence-corrected chi connectivity index (χ3v) is 3.95. The molecule has 1 unspecified atom stereocenters. The molecule has 98 valence electrons. The van der Waals surface area contributed by atoms with Crippen LogP contribution in [-0.2, 0) is 23.2 Å². The molecule has 1 atom stereocenters. The number of aromatic nitrogens is 3. The van der Waals surface area contributed by atoms with Crippen LogP contribution in [0.4, 0.5) is 0 Å². The molecule has 0 aromatic carbocycles. The molecule has 0 bridgehead atoms. The lowest BCUT2D eigenvalue weighted by atomic mass is 10.3. The van der Waals surface area contributed by atoms with E-state index in [1.165, 1.54) is 0 Å². The Kier molecular flexibility index (Phi) is 4.35.